The number of hydrogen-bond donors (Lipinski definition) is 2. The molecule has 3 N–H and O–H groups in total. The number of nitrogens with zero attached hydrogens (tertiary/aromatic N) is 3. The third kappa shape index (κ3) is 2.31. The number of aromatic nitrogens is 2. The van der Waals surface area contributed by atoms with Gasteiger partial charge in [0.25, 0.3) is 0 Å². The molecule has 1 atom stereocenters. The number of carboxylic acids is 1. The monoisotopic (exact) mass is 288 g/mol. The molecule has 2 aromatic heterocycles. The molecule has 1 aliphatic rings. The summed E-state index contributed by atoms with van der Waals surface area (Å²) in [4.78, 5) is 29.2. The average Bonchev–Trinajstić information content (AvgIpc) is 2.87. The maximum atomic E-state index is 11.6. The molecule has 0 aromatic carbocycles. The van der Waals surface area contributed by atoms with Crippen molar-refractivity contribution >= 4 is 23.3 Å². The minimum Gasteiger partial charge on any atom is -0.476 e. The molecule has 7 heteroatoms. The topological polar surface area (TPSA) is 101 Å². The van der Waals surface area contributed by atoms with Crippen molar-refractivity contribution in [2.75, 3.05) is 18.0 Å². The lowest BCUT2D eigenvalue weighted by atomic mass is 9.97. The maximum absolute atomic E-state index is 11.6. The molecule has 1 saturated heterocycles. The van der Waals surface area contributed by atoms with Gasteiger partial charge in [-0.1, -0.05) is 6.07 Å². The zero-order valence-electron chi connectivity index (χ0n) is 11.4. The summed E-state index contributed by atoms with van der Waals surface area (Å²) in [5, 5.41) is 9.48. The molecule has 0 bridgehead atoms. The van der Waals surface area contributed by atoms with Crippen LogP contribution in [-0.4, -0.2) is 39.5 Å². The number of amides is 1. The van der Waals surface area contributed by atoms with E-state index < -0.39 is 5.97 Å². The second kappa shape index (κ2) is 5.08. The van der Waals surface area contributed by atoms with Gasteiger partial charge in [-0.2, -0.15) is 0 Å². The van der Waals surface area contributed by atoms with Gasteiger partial charge >= 0.3 is 5.97 Å². The first-order valence-corrected chi connectivity index (χ1v) is 6.82. The van der Waals surface area contributed by atoms with Gasteiger partial charge < -0.3 is 15.7 Å². The van der Waals surface area contributed by atoms with Gasteiger partial charge in [-0.25, -0.2) is 9.78 Å². The first-order valence-electron chi connectivity index (χ1n) is 6.82. The summed E-state index contributed by atoms with van der Waals surface area (Å²) in [5.41, 5.74) is 6.07. The molecule has 0 aliphatic carbocycles. The zero-order valence-corrected chi connectivity index (χ0v) is 11.4. The quantitative estimate of drug-likeness (QED) is 0.867. The standard InChI is InChI=1S/C14H16N4O3/c15-12(19)9-4-3-6-17(8-9)13-11(14(20)21)18-7-2-1-5-10(18)16-13/h1-2,5,7,9H,3-4,6,8H2,(H2,15,19)(H,20,21). The number of carbonyl (C=O) groups excluding carboxylic acids is 1. The predicted octanol–water partition coefficient (Wildman–Crippen LogP) is 0.734. The van der Waals surface area contributed by atoms with Crippen LogP contribution in [0.5, 0.6) is 0 Å². The molecule has 3 rings (SSSR count). The lowest BCUT2D eigenvalue weighted by Gasteiger charge is -2.31. The third-order valence-electron chi connectivity index (χ3n) is 3.84. The molecule has 110 valence electrons. The molecule has 21 heavy (non-hydrogen) atoms. The van der Waals surface area contributed by atoms with Gasteiger partial charge in [0, 0.05) is 19.3 Å². The molecule has 1 amide bonds. The van der Waals surface area contributed by atoms with Crippen molar-refractivity contribution < 1.29 is 14.7 Å². The minimum absolute atomic E-state index is 0.121. The van der Waals surface area contributed by atoms with Crippen LogP contribution < -0.4 is 10.6 Å². The van der Waals surface area contributed by atoms with Crippen LogP contribution in [-0.2, 0) is 4.79 Å². The van der Waals surface area contributed by atoms with Crippen molar-refractivity contribution in [2.24, 2.45) is 11.7 Å². The fourth-order valence-corrected chi connectivity index (χ4v) is 2.80. The highest BCUT2D eigenvalue weighted by Crippen LogP contribution is 2.26. The average molecular weight is 288 g/mol. The summed E-state index contributed by atoms with van der Waals surface area (Å²) in [5.74, 6) is -1.24. The van der Waals surface area contributed by atoms with Crippen molar-refractivity contribution in [1.29, 1.82) is 0 Å². The van der Waals surface area contributed by atoms with Gasteiger partial charge in [0.1, 0.15) is 5.65 Å². The zero-order chi connectivity index (χ0) is 15.0. The highest BCUT2D eigenvalue weighted by molar-refractivity contribution is 5.93. The van der Waals surface area contributed by atoms with Gasteiger partial charge in [-0.3, -0.25) is 9.20 Å². The molecule has 1 aliphatic heterocycles. The van der Waals surface area contributed by atoms with Gasteiger partial charge in [0.05, 0.1) is 5.92 Å². The number of carboxylic acid groups (broad SMARTS) is 1. The Kier molecular flexibility index (Phi) is 3.25. The first kappa shape index (κ1) is 13.4. The number of hydrogen-bond acceptors (Lipinski definition) is 4. The minimum atomic E-state index is -1.04. The lowest BCUT2D eigenvalue weighted by molar-refractivity contribution is -0.122. The Morgan fingerprint density at radius 1 is 1.38 bits per heavy atom. The van der Waals surface area contributed by atoms with Crippen molar-refractivity contribution in [2.45, 2.75) is 12.8 Å². The lowest BCUT2D eigenvalue weighted by Crippen LogP contribution is -2.41. The van der Waals surface area contributed by atoms with E-state index in [0.29, 0.717) is 24.6 Å². The summed E-state index contributed by atoms with van der Waals surface area (Å²) in [7, 11) is 0. The van der Waals surface area contributed by atoms with E-state index in [4.69, 9.17) is 5.73 Å². The molecular weight excluding hydrogens is 272 g/mol. The second-order valence-corrected chi connectivity index (χ2v) is 5.21. The van der Waals surface area contributed by atoms with Gasteiger partial charge in [0.2, 0.25) is 5.91 Å². The Balaban J connectivity index is 2.05. The van der Waals surface area contributed by atoms with E-state index in [1.165, 1.54) is 0 Å². The molecule has 2 aromatic rings. The molecule has 1 unspecified atom stereocenters. The van der Waals surface area contributed by atoms with E-state index in [-0.39, 0.29) is 17.5 Å². The van der Waals surface area contributed by atoms with Crippen molar-refractivity contribution in [3.8, 4) is 0 Å². The Hall–Kier alpha value is -2.57. The number of imidazole rings is 1. The number of piperidine rings is 1. The van der Waals surface area contributed by atoms with E-state index in [1.54, 1.807) is 28.8 Å². The van der Waals surface area contributed by atoms with Crippen molar-refractivity contribution in [1.82, 2.24) is 9.38 Å². The van der Waals surface area contributed by atoms with Crippen LogP contribution in [0.1, 0.15) is 23.3 Å². The molecule has 7 nitrogen and oxygen atoms in total. The van der Waals surface area contributed by atoms with Crippen LogP contribution in [0.3, 0.4) is 0 Å². The maximum Gasteiger partial charge on any atom is 0.356 e. The second-order valence-electron chi connectivity index (χ2n) is 5.21. The summed E-state index contributed by atoms with van der Waals surface area (Å²) in [6.45, 7) is 1.09. The van der Waals surface area contributed by atoms with E-state index in [1.807, 2.05) is 4.90 Å². The number of nitrogens with two attached hydrogens (primary N) is 1. The molecule has 0 spiro atoms. The highest BCUT2D eigenvalue weighted by Gasteiger charge is 2.29. The van der Waals surface area contributed by atoms with Crippen molar-refractivity contribution in [3.63, 3.8) is 0 Å². The Bertz CT molecular complexity index is 709. The Labute approximate surface area is 121 Å². The van der Waals surface area contributed by atoms with E-state index >= 15 is 0 Å². The number of primary amides is 1. The van der Waals surface area contributed by atoms with Crippen LogP contribution in [0, 0.1) is 5.92 Å². The summed E-state index contributed by atoms with van der Waals surface area (Å²) < 4.78 is 1.55. The smallest absolute Gasteiger partial charge is 0.356 e. The Morgan fingerprint density at radius 3 is 2.90 bits per heavy atom. The number of anilines is 1. The predicted molar refractivity (Wildman–Crippen MR) is 76.3 cm³/mol. The fraction of sp³-hybridized carbons (Fsp3) is 0.357. The van der Waals surface area contributed by atoms with Crippen LogP contribution in [0.2, 0.25) is 0 Å². The fourth-order valence-electron chi connectivity index (χ4n) is 2.80. The number of carbonyl (C=O) groups is 2. The van der Waals surface area contributed by atoms with Crippen LogP contribution in [0.4, 0.5) is 5.82 Å². The Morgan fingerprint density at radius 2 is 2.19 bits per heavy atom. The summed E-state index contributed by atoms with van der Waals surface area (Å²) in [6, 6.07) is 5.32. The van der Waals surface area contributed by atoms with E-state index in [0.717, 1.165) is 12.8 Å². The number of rotatable bonds is 3. The molecule has 0 radical (unpaired) electrons. The normalized spacial score (nSPS) is 18.9. The third-order valence-corrected chi connectivity index (χ3v) is 3.84. The summed E-state index contributed by atoms with van der Waals surface area (Å²) in [6.07, 6.45) is 3.20. The first-order chi connectivity index (χ1) is 10.1. The largest absolute Gasteiger partial charge is 0.476 e. The van der Waals surface area contributed by atoms with Crippen LogP contribution >= 0.6 is 0 Å². The highest BCUT2D eigenvalue weighted by atomic mass is 16.4. The van der Waals surface area contributed by atoms with Gasteiger partial charge in [-0.15, -0.1) is 0 Å². The van der Waals surface area contributed by atoms with Crippen LogP contribution in [0.15, 0.2) is 24.4 Å². The molecule has 1 fully saturated rings. The van der Waals surface area contributed by atoms with Crippen molar-refractivity contribution in [3.05, 3.63) is 30.1 Å². The number of fused-ring (bicyclic) bond motifs is 1. The van der Waals surface area contributed by atoms with Gasteiger partial charge in [-0.05, 0) is 25.0 Å². The molecule has 0 saturated carbocycles. The number of pyridine rings is 1. The van der Waals surface area contributed by atoms with Crippen LogP contribution in [0.25, 0.3) is 5.65 Å². The SMILES string of the molecule is NC(=O)C1CCCN(c2nc3ccccn3c2C(=O)O)C1. The summed E-state index contributed by atoms with van der Waals surface area (Å²) >= 11 is 0. The van der Waals surface area contributed by atoms with E-state index in [2.05, 4.69) is 4.98 Å². The molecular formula is C14H16N4O3. The van der Waals surface area contributed by atoms with E-state index in [9.17, 15) is 14.7 Å². The number of aromatic carboxylic acids is 1. The van der Waals surface area contributed by atoms with Gasteiger partial charge in [0.15, 0.2) is 11.5 Å². The molecule has 3 heterocycles.